The Balaban J connectivity index is 2.05. The van der Waals surface area contributed by atoms with Gasteiger partial charge in [-0.1, -0.05) is 0 Å². The minimum atomic E-state index is -2.49. The number of hydrogen-bond donors (Lipinski definition) is 1. The number of rotatable bonds is 3. The van der Waals surface area contributed by atoms with E-state index in [0.29, 0.717) is 31.7 Å². The van der Waals surface area contributed by atoms with Crippen LogP contribution < -0.4 is 10.6 Å². The number of amides is 1. The molecule has 1 aromatic rings. The van der Waals surface area contributed by atoms with Crippen LogP contribution in [0.15, 0.2) is 18.3 Å². The summed E-state index contributed by atoms with van der Waals surface area (Å²) in [6.07, 6.45) is 0.193. The largest absolute Gasteiger partial charge is 0.369 e. The van der Waals surface area contributed by atoms with Crippen molar-refractivity contribution in [2.24, 2.45) is 11.7 Å². The van der Waals surface area contributed by atoms with Crippen molar-refractivity contribution in [2.45, 2.75) is 19.3 Å². The number of carbonyl (C=O) groups excluding carboxylic acids is 1. The average Bonchev–Trinajstić information content (AvgIpc) is 2.39. The Bertz CT molecular complexity index is 431. The van der Waals surface area contributed by atoms with Crippen molar-refractivity contribution in [1.82, 2.24) is 4.98 Å². The van der Waals surface area contributed by atoms with Crippen LogP contribution in [0.4, 0.5) is 14.6 Å². The molecule has 4 nitrogen and oxygen atoms in total. The lowest BCUT2D eigenvalue weighted by Crippen LogP contribution is -2.38. The van der Waals surface area contributed by atoms with E-state index in [0.717, 1.165) is 0 Å². The zero-order chi connectivity index (χ0) is 13.1. The second-order valence-corrected chi connectivity index (χ2v) is 4.41. The van der Waals surface area contributed by atoms with E-state index in [1.54, 1.807) is 0 Å². The summed E-state index contributed by atoms with van der Waals surface area (Å²) in [6, 6.07) is 2.71. The zero-order valence-electron chi connectivity index (χ0n) is 9.85. The topological polar surface area (TPSA) is 59.2 Å². The van der Waals surface area contributed by atoms with Crippen LogP contribution in [0.3, 0.4) is 0 Å². The summed E-state index contributed by atoms with van der Waals surface area (Å²) < 4.78 is 25.1. The highest BCUT2D eigenvalue weighted by Gasteiger charge is 2.24. The van der Waals surface area contributed by atoms with Crippen molar-refractivity contribution in [3.8, 4) is 0 Å². The summed E-state index contributed by atoms with van der Waals surface area (Å²) >= 11 is 0. The molecule has 0 aromatic carbocycles. The first-order valence-corrected chi connectivity index (χ1v) is 5.86. The quantitative estimate of drug-likeness (QED) is 0.894. The lowest BCUT2D eigenvalue weighted by atomic mass is 9.96. The Labute approximate surface area is 104 Å². The van der Waals surface area contributed by atoms with Gasteiger partial charge in [-0.25, -0.2) is 13.8 Å². The maximum atomic E-state index is 12.6. The molecule has 2 rings (SSSR count). The van der Waals surface area contributed by atoms with Crippen molar-refractivity contribution < 1.29 is 13.6 Å². The van der Waals surface area contributed by atoms with Crippen molar-refractivity contribution in [3.05, 3.63) is 23.9 Å². The Hall–Kier alpha value is -1.72. The van der Waals surface area contributed by atoms with Crippen LogP contribution in [0.25, 0.3) is 0 Å². The fraction of sp³-hybridized carbons (Fsp3) is 0.500. The molecule has 0 unspecified atom stereocenters. The fourth-order valence-electron chi connectivity index (χ4n) is 2.14. The van der Waals surface area contributed by atoms with E-state index < -0.39 is 6.43 Å². The number of halogens is 2. The van der Waals surface area contributed by atoms with Gasteiger partial charge >= 0.3 is 0 Å². The second-order valence-electron chi connectivity index (χ2n) is 4.41. The average molecular weight is 255 g/mol. The number of piperidine rings is 1. The number of primary amides is 1. The number of nitrogens with zero attached hydrogens (tertiary/aromatic N) is 2. The van der Waals surface area contributed by atoms with E-state index in [-0.39, 0.29) is 17.4 Å². The molecule has 1 saturated heterocycles. The Kier molecular flexibility index (Phi) is 3.74. The summed E-state index contributed by atoms with van der Waals surface area (Å²) in [5.41, 5.74) is 5.21. The minimum Gasteiger partial charge on any atom is -0.369 e. The number of nitrogens with two attached hydrogens (primary N) is 1. The monoisotopic (exact) mass is 255 g/mol. The van der Waals surface area contributed by atoms with Crippen molar-refractivity contribution in [3.63, 3.8) is 0 Å². The van der Waals surface area contributed by atoms with E-state index in [1.807, 2.05) is 4.90 Å². The van der Waals surface area contributed by atoms with Crippen molar-refractivity contribution >= 4 is 11.7 Å². The third-order valence-electron chi connectivity index (χ3n) is 3.24. The van der Waals surface area contributed by atoms with Gasteiger partial charge in [-0.05, 0) is 25.0 Å². The van der Waals surface area contributed by atoms with Gasteiger partial charge in [0, 0.05) is 30.8 Å². The van der Waals surface area contributed by atoms with Crippen LogP contribution >= 0.6 is 0 Å². The lowest BCUT2D eigenvalue weighted by molar-refractivity contribution is -0.122. The molecule has 0 spiro atoms. The van der Waals surface area contributed by atoms with Gasteiger partial charge in [-0.2, -0.15) is 0 Å². The van der Waals surface area contributed by atoms with E-state index in [2.05, 4.69) is 4.98 Å². The van der Waals surface area contributed by atoms with E-state index in [9.17, 15) is 13.6 Å². The molecule has 1 amide bonds. The molecule has 98 valence electrons. The van der Waals surface area contributed by atoms with Crippen molar-refractivity contribution in [2.75, 3.05) is 18.0 Å². The standard InChI is InChI=1S/C12H15F2N3O/c13-11(14)9-1-4-16-10(7-9)17-5-2-8(3-6-17)12(15)18/h1,4,7-8,11H,2-3,5-6H2,(H2,15,18). The van der Waals surface area contributed by atoms with Crippen LogP contribution in [0.1, 0.15) is 24.8 Å². The molecular formula is C12H15F2N3O. The van der Waals surface area contributed by atoms with Crippen LogP contribution in [-0.4, -0.2) is 24.0 Å². The van der Waals surface area contributed by atoms with Gasteiger partial charge in [0.05, 0.1) is 0 Å². The minimum absolute atomic E-state index is 0.0305. The van der Waals surface area contributed by atoms with E-state index in [1.165, 1.54) is 18.3 Å². The predicted octanol–water partition coefficient (Wildman–Crippen LogP) is 1.72. The van der Waals surface area contributed by atoms with Gasteiger partial charge in [0.25, 0.3) is 6.43 Å². The molecule has 1 aliphatic heterocycles. The maximum absolute atomic E-state index is 12.6. The predicted molar refractivity (Wildman–Crippen MR) is 63.3 cm³/mol. The molecule has 0 saturated carbocycles. The molecule has 1 aliphatic rings. The highest BCUT2D eigenvalue weighted by molar-refractivity contribution is 5.76. The third kappa shape index (κ3) is 2.75. The number of aromatic nitrogens is 1. The normalized spacial score (nSPS) is 17.2. The molecule has 2 N–H and O–H groups in total. The molecule has 1 fully saturated rings. The summed E-state index contributed by atoms with van der Waals surface area (Å²) in [5.74, 6) is 0.138. The van der Waals surface area contributed by atoms with E-state index in [4.69, 9.17) is 5.73 Å². The fourth-order valence-corrected chi connectivity index (χ4v) is 2.14. The van der Waals surface area contributed by atoms with E-state index >= 15 is 0 Å². The summed E-state index contributed by atoms with van der Waals surface area (Å²) in [7, 11) is 0. The van der Waals surface area contributed by atoms with Gasteiger partial charge < -0.3 is 10.6 Å². The van der Waals surface area contributed by atoms with Crippen LogP contribution in [0.2, 0.25) is 0 Å². The first-order chi connectivity index (χ1) is 8.58. The van der Waals surface area contributed by atoms with Gasteiger partial charge in [0.1, 0.15) is 5.82 Å². The molecule has 18 heavy (non-hydrogen) atoms. The molecule has 0 aliphatic carbocycles. The maximum Gasteiger partial charge on any atom is 0.264 e. The van der Waals surface area contributed by atoms with Crippen LogP contribution in [-0.2, 0) is 4.79 Å². The summed E-state index contributed by atoms with van der Waals surface area (Å²) in [6.45, 7) is 1.24. The number of anilines is 1. The van der Waals surface area contributed by atoms with Gasteiger partial charge in [0.15, 0.2) is 0 Å². The van der Waals surface area contributed by atoms with Crippen LogP contribution in [0, 0.1) is 5.92 Å². The first kappa shape index (κ1) is 12.7. The number of hydrogen-bond acceptors (Lipinski definition) is 3. The zero-order valence-corrected chi connectivity index (χ0v) is 9.85. The van der Waals surface area contributed by atoms with Gasteiger partial charge in [-0.15, -0.1) is 0 Å². The Morgan fingerprint density at radius 3 is 2.67 bits per heavy atom. The summed E-state index contributed by atoms with van der Waals surface area (Å²) in [5, 5.41) is 0. The molecule has 2 heterocycles. The Morgan fingerprint density at radius 2 is 2.11 bits per heavy atom. The molecule has 0 atom stereocenters. The molecule has 0 bridgehead atoms. The Morgan fingerprint density at radius 1 is 1.44 bits per heavy atom. The molecule has 1 aromatic heterocycles. The second kappa shape index (κ2) is 5.29. The smallest absolute Gasteiger partial charge is 0.264 e. The lowest BCUT2D eigenvalue weighted by Gasteiger charge is -2.31. The molecular weight excluding hydrogens is 240 g/mol. The number of alkyl halides is 2. The van der Waals surface area contributed by atoms with Crippen LogP contribution in [0.5, 0.6) is 0 Å². The van der Waals surface area contributed by atoms with Gasteiger partial charge in [0.2, 0.25) is 5.91 Å². The third-order valence-corrected chi connectivity index (χ3v) is 3.24. The molecule has 6 heteroatoms. The highest BCUT2D eigenvalue weighted by Crippen LogP contribution is 2.25. The highest BCUT2D eigenvalue weighted by atomic mass is 19.3. The first-order valence-electron chi connectivity index (χ1n) is 5.86. The number of pyridine rings is 1. The van der Waals surface area contributed by atoms with Crippen molar-refractivity contribution in [1.29, 1.82) is 0 Å². The molecule has 0 radical (unpaired) electrons. The SMILES string of the molecule is NC(=O)C1CCN(c2cc(C(F)F)ccn2)CC1. The number of carbonyl (C=O) groups is 1. The van der Waals surface area contributed by atoms with Gasteiger partial charge in [-0.3, -0.25) is 4.79 Å². The summed E-state index contributed by atoms with van der Waals surface area (Å²) in [4.78, 5) is 17.0.